The molecular weight excluding hydrogens is 180 g/mol. The number of nitrogens with zero attached hydrogens (tertiary/aromatic N) is 1. The molecule has 0 unspecified atom stereocenters. The third-order valence-corrected chi connectivity index (χ3v) is 1.90. The van der Waals surface area contributed by atoms with Crippen molar-refractivity contribution in [1.82, 2.24) is 9.97 Å². The quantitative estimate of drug-likeness (QED) is 0.704. The topological polar surface area (TPSA) is 66.0 Å². The molecule has 2 rings (SSSR count). The summed E-state index contributed by atoms with van der Waals surface area (Å²) in [4.78, 5) is 17.4. The Morgan fingerprint density at radius 1 is 1.50 bits per heavy atom. The van der Waals surface area contributed by atoms with Gasteiger partial charge in [-0.05, 0) is 23.8 Å². The molecule has 0 radical (unpaired) electrons. The minimum absolute atomic E-state index is 0.762. The minimum atomic E-state index is -0.953. The first-order valence-corrected chi connectivity index (χ1v) is 4.10. The van der Waals surface area contributed by atoms with Crippen molar-refractivity contribution in [2.75, 3.05) is 0 Å². The molecule has 0 aliphatic rings. The van der Waals surface area contributed by atoms with Gasteiger partial charge in [0, 0.05) is 23.9 Å². The number of pyridine rings is 1. The number of hydrogen-bond donors (Lipinski definition) is 2. The molecule has 2 aromatic rings. The molecule has 2 N–H and O–H groups in total. The Bertz CT molecular complexity index is 500. The molecule has 0 spiro atoms. The van der Waals surface area contributed by atoms with Crippen molar-refractivity contribution in [3.63, 3.8) is 0 Å². The Morgan fingerprint density at radius 2 is 2.36 bits per heavy atom. The van der Waals surface area contributed by atoms with Gasteiger partial charge < -0.3 is 10.1 Å². The number of aliphatic carboxylic acids is 1. The molecule has 0 aliphatic carbocycles. The summed E-state index contributed by atoms with van der Waals surface area (Å²) in [6, 6.07) is 3.64. The number of aromatic amines is 1. The van der Waals surface area contributed by atoms with Crippen LogP contribution >= 0.6 is 0 Å². The Balaban J connectivity index is 2.51. The smallest absolute Gasteiger partial charge is 0.328 e. The Kier molecular flexibility index (Phi) is 2.02. The van der Waals surface area contributed by atoms with Crippen molar-refractivity contribution in [2.24, 2.45) is 0 Å². The van der Waals surface area contributed by atoms with Crippen LogP contribution in [0.2, 0.25) is 0 Å². The molecule has 0 bridgehead atoms. The fraction of sp³-hybridized carbons (Fsp3) is 0. The van der Waals surface area contributed by atoms with E-state index >= 15 is 0 Å². The van der Waals surface area contributed by atoms with Gasteiger partial charge in [0.25, 0.3) is 0 Å². The molecule has 0 atom stereocenters. The molecule has 0 saturated heterocycles. The number of aromatic nitrogens is 2. The molecule has 0 saturated carbocycles. The summed E-state index contributed by atoms with van der Waals surface area (Å²) in [7, 11) is 0. The summed E-state index contributed by atoms with van der Waals surface area (Å²) in [5, 5.41) is 9.41. The number of rotatable bonds is 2. The fourth-order valence-electron chi connectivity index (χ4n) is 1.29. The van der Waals surface area contributed by atoms with E-state index in [1.807, 2.05) is 6.07 Å². The standard InChI is InChI=1S/C10H8N2O2/c13-9(14)2-1-7-3-5-11-10-8(7)4-6-12-10/h1-6H,(H,11,12)(H,13,14). The molecular formula is C10H8N2O2. The number of H-pyrrole nitrogens is 1. The maximum atomic E-state index is 10.3. The van der Waals surface area contributed by atoms with Crippen LogP contribution in [-0.2, 0) is 4.79 Å². The minimum Gasteiger partial charge on any atom is -0.478 e. The van der Waals surface area contributed by atoms with Crippen molar-refractivity contribution in [2.45, 2.75) is 0 Å². The number of hydrogen-bond acceptors (Lipinski definition) is 2. The SMILES string of the molecule is O=C(O)C=Cc1ccnc2[nH]ccc12. The molecule has 0 fully saturated rings. The predicted octanol–water partition coefficient (Wildman–Crippen LogP) is 1.66. The first kappa shape index (κ1) is 8.50. The number of carbonyl (C=O) groups is 1. The molecule has 0 amide bonds. The molecule has 2 aromatic heterocycles. The third-order valence-electron chi connectivity index (χ3n) is 1.90. The number of nitrogens with one attached hydrogen (secondary N) is 1. The molecule has 70 valence electrons. The lowest BCUT2D eigenvalue weighted by atomic mass is 10.2. The highest BCUT2D eigenvalue weighted by Crippen LogP contribution is 2.16. The highest BCUT2D eigenvalue weighted by atomic mass is 16.4. The van der Waals surface area contributed by atoms with Crippen LogP contribution < -0.4 is 0 Å². The van der Waals surface area contributed by atoms with Crippen LogP contribution in [0.5, 0.6) is 0 Å². The summed E-state index contributed by atoms with van der Waals surface area (Å²) >= 11 is 0. The van der Waals surface area contributed by atoms with E-state index in [1.54, 1.807) is 24.5 Å². The van der Waals surface area contributed by atoms with E-state index in [9.17, 15) is 4.79 Å². The lowest BCUT2D eigenvalue weighted by Gasteiger charge is -1.94. The van der Waals surface area contributed by atoms with E-state index in [0.717, 1.165) is 22.7 Å². The van der Waals surface area contributed by atoms with Gasteiger partial charge in [0.1, 0.15) is 5.65 Å². The lowest BCUT2D eigenvalue weighted by molar-refractivity contribution is -0.131. The van der Waals surface area contributed by atoms with Crippen LogP contribution in [0.1, 0.15) is 5.56 Å². The first-order valence-electron chi connectivity index (χ1n) is 4.10. The molecule has 4 heteroatoms. The second-order valence-corrected chi connectivity index (χ2v) is 2.81. The second-order valence-electron chi connectivity index (χ2n) is 2.81. The lowest BCUT2D eigenvalue weighted by Crippen LogP contribution is -1.86. The van der Waals surface area contributed by atoms with E-state index in [-0.39, 0.29) is 0 Å². The highest BCUT2D eigenvalue weighted by molar-refractivity contribution is 5.91. The monoisotopic (exact) mass is 188 g/mol. The van der Waals surface area contributed by atoms with E-state index in [2.05, 4.69) is 9.97 Å². The van der Waals surface area contributed by atoms with Gasteiger partial charge in [0.05, 0.1) is 0 Å². The van der Waals surface area contributed by atoms with Crippen LogP contribution in [0.4, 0.5) is 0 Å². The van der Waals surface area contributed by atoms with E-state index < -0.39 is 5.97 Å². The molecule has 14 heavy (non-hydrogen) atoms. The van der Waals surface area contributed by atoms with Crippen molar-refractivity contribution in [3.05, 3.63) is 36.2 Å². The summed E-state index contributed by atoms with van der Waals surface area (Å²) in [6.45, 7) is 0. The highest BCUT2D eigenvalue weighted by Gasteiger charge is 1.99. The molecule has 0 aliphatic heterocycles. The van der Waals surface area contributed by atoms with Gasteiger partial charge in [-0.2, -0.15) is 0 Å². The first-order chi connectivity index (χ1) is 6.77. The summed E-state index contributed by atoms with van der Waals surface area (Å²) in [6.07, 6.45) is 6.08. The molecule has 2 heterocycles. The van der Waals surface area contributed by atoms with Crippen LogP contribution in [0.25, 0.3) is 17.1 Å². The summed E-state index contributed by atoms with van der Waals surface area (Å²) in [5.74, 6) is -0.953. The third kappa shape index (κ3) is 1.50. The number of fused-ring (bicyclic) bond motifs is 1. The van der Waals surface area contributed by atoms with E-state index in [4.69, 9.17) is 5.11 Å². The van der Waals surface area contributed by atoms with Gasteiger partial charge in [0.15, 0.2) is 0 Å². The van der Waals surface area contributed by atoms with E-state index in [0.29, 0.717) is 0 Å². The Labute approximate surface area is 79.9 Å². The van der Waals surface area contributed by atoms with E-state index in [1.165, 1.54) is 0 Å². The van der Waals surface area contributed by atoms with Crippen molar-refractivity contribution in [1.29, 1.82) is 0 Å². The van der Waals surface area contributed by atoms with Crippen LogP contribution in [0.15, 0.2) is 30.6 Å². The van der Waals surface area contributed by atoms with Crippen LogP contribution in [-0.4, -0.2) is 21.0 Å². The zero-order valence-electron chi connectivity index (χ0n) is 7.27. The summed E-state index contributed by atoms with van der Waals surface area (Å²) in [5.41, 5.74) is 1.61. The van der Waals surface area contributed by atoms with Crippen molar-refractivity contribution >= 4 is 23.1 Å². The Morgan fingerprint density at radius 3 is 3.14 bits per heavy atom. The van der Waals surface area contributed by atoms with Crippen molar-refractivity contribution < 1.29 is 9.90 Å². The van der Waals surface area contributed by atoms with Gasteiger partial charge >= 0.3 is 5.97 Å². The van der Waals surface area contributed by atoms with Crippen LogP contribution in [0.3, 0.4) is 0 Å². The maximum Gasteiger partial charge on any atom is 0.328 e. The molecule has 4 nitrogen and oxygen atoms in total. The summed E-state index contributed by atoms with van der Waals surface area (Å²) < 4.78 is 0. The van der Waals surface area contributed by atoms with Crippen molar-refractivity contribution in [3.8, 4) is 0 Å². The van der Waals surface area contributed by atoms with Gasteiger partial charge in [0.2, 0.25) is 0 Å². The van der Waals surface area contributed by atoms with Gasteiger partial charge in [-0.3, -0.25) is 0 Å². The Hall–Kier alpha value is -2.10. The number of carboxylic acid groups (broad SMARTS) is 1. The average molecular weight is 188 g/mol. The van der Waals surface area contributed by atoms with Gasteiger partial charge in [-0.25, -0.2) is 9.78 Å². The average Bonchev–Trinajstić information content (AvgIpc) is 2.62. The normalized spacial score (nSPS) is 11.1. The second kappa shape index (κ2) is 3.33. The van der Waals surface area contributed by atoms with Gasteiger partial charge in [-0.1, -0.05) is 0 Å². The maximum absolute atomic E-state index is 10.3. The number of carboxylic acids is 1. The largest absolute Gasteiger partial charge is 0.478 e. The van der Waals surface area contributed by atoms with Crippen LogP contribution in [0, 0.1) is 0 Å². The predicted molar refractivity (Wildman–Crippen MR) is 52.8 cm³/mol. The zero-order valence-corrected chi connectivity index (χ0v) is 7.27. The van der Waals surface area contributed by atoms with Gasteiger partial charge in [-0.15, -0.1) is 0 Å². The zero-order chi connectivity index (χ0) is 9.97. The molecule has 0 aromatic carbocycles. The fourth-order valence-corrected chi connectivity index (χ4v) is 1.29.